The molecule has 1 N–H and O–H groups in total. The Morgan fingerprint density at radius 1 is 1.20 bits per heavy atom. The smallest absolute Gasteiger partial charge is 0.124 e. The standard InChI is InChI=1S/C21H32N2O2/c1-2-15-25-21-10-6-3-7-18(21)16-22-12-13-23(19-8-4-5-9-19)20(17-22)11-14-24/h2-3,6-7,10,19-20,24H,1,4-5,8-9,11-17H2/t20-/m0/s1. The molecule has 1 aliphatic carbocycles. The van der Waals surface area contributed by atoms with Crippen molar-refractivity contribution in [3.05, 3.63) is 42.5 Å². The lowest BCUT2D eigenvalue weighted by Gasteiger charge is -2.44. The molecule has 0 unspecified atom stereocenters. The van der Waals surface area contributed by atoms with Crippen LogP contribution in [0.25, 0.3) is 0 Å². The number of nitrogens with zero attached hydrogens (tertiary/aromatic N) is 2. The normalized spacial score (nSPS) is 23.0. The second kappa shape index (κ2) is 9.37. The van der Waals surface area contributed by atoms with Gasteiger partial charge in [0.2, 0.25) is 0 Å². The average Bonchev–Trinajstić information content (AvgIpc) is 3.16. The minimum absolute atomic E-state index is 0.279. The van der Waals surface area contributed by atoms with E-state index in [0.29, 0.717) is 12.6 Å². The van der Waals surface area contributed by atoms with Crippen molar-refractivity contribution in [1.82, 2.24) is 9.80 Å². The van der Waals surface area contributed by atoms with Crippen LogP contribution >= 0.6 is 0 Å². The van der Waals surface area contributed by atoms with Gasteiger partial charge in [-0.2, -0.15) is 0 Å². The molecule has 4 nitrogen and oxygen atoms in total. The molecular weight excluding hydrogens is 312 g/mol. The molecule has 138 valence electrons. The Morgan fingerprint density at radius 3 is 2.76 bits per heavy atom. The summed E-state index contributed by atoms with van der Waals surface area (Å²) >= 11 is 0. The van der Waals surface area contributed by atoms with Gasteiger partial charge in [0, 0.05) is 50.4 Å². The summed E-state index contributed by atoms with van der Waals surface area (Å²) in [5, 5.41) is 9.52. The van der Waals surface area contributed by atoms with Crippen LogP contribution in [-0.4, -0.2) is 59.8 Å². The molecule has 0 bridgehead atoms. The zero-order valence-corrected chi connectivity index (χ0v) is 15.3. The first-order valence-electron chi connectivity index (χ1n) is 9.72. The fourth-order valence-electron chi connectivity index (χ4n) is 4.36. The Morgan fingerprint density at radius 2 is 2.00 bits per heavy atom. The molecular formula is C21H32N2O2. The molecule has 25 heavy (non-hydrogen) atoms. The molecule has 1 heterocycles. The van der Waals surface area contributed by atoms with E-state index in [0.717, 1.165) is 44.4 Å². The maximum absolute atomic E-state index is 9.52. The quantitative estimate of drug-likeness (QED) is 0.735. The lowest BCUT2D eigenvalue weighted by atomic mass is 10.0. The Hall–Kier alpha value is -1.36. The number of hydrogen-bond donors (Lipinski definition) is 1. The van der Waals surface area contributed by atoms with Crippen molar-refractivity contribution >= 4 is 0 Å². The molecule has 3 rings (SSSR count). The number of hydrogen-bond acceptors (Lipinski definition) is 4. The van der Waals surface area contributed by atoms with Crippen LogP contribution in [0.3, 0.4) is 0 Å². The molecule has 1 atom stereocenters. The van der Waals surface area contributed by atoms with Crippen molar-refractivity contribution in [2.24, 2.45) is 0 Å². The van der Waals surface area contributed by atoms with Gasteiger partial charge in [0.25, 0.3) is 0 Å². The Kier molecular flexibility index (Phi) is 6.91. The van der Waals surface area contributed by atoms with E-state index in [9.17, 15) is 5.11 Å². The van der Waals surface area contributed by atoms with Gasteiger partial charge in [-0.15, -0.1) is 0 Å². The number of aliphatic hydroxyl groups is 1. The first-order chi connectivity index (χ1) is 12.3. The first-order valence-corrected chi connectivity index (χ1v) is 9.72. The fraction of sp³-hybridized carbons (Fsp3) is 0.619. The van der Waals surface area contributed by atoms with Gasteiger partial charge in [-0.25, -0.2) is 0 Å². The first kappa shape index (κ1) is 18.4. The summed E-state index contributed by atoms with van der Waals surface area (Å²) in [6, 6.07) is 9.51. The predicted octanol–water partition coefficient (Wildman–Crippen LogP) is 3.06. The Bertz CT molecular complexity index is 542. The maximum atomic E-state index is 9.52. The van der Waals surface area contributed by atoms with Crippen LogP contribution in [-0.2, 0) is 6.54 Å². The van der Waals surface area contributed by atoms with Gasteiger partial charge in [-0.1, -0.05) is 43.7 Å². The van der Waals surface area contributed by atoms with E-state index >= 15 is 0 Å². The molecule has 1 aromatic carbocycles. The Labute approximate surface area is 152 Å². The third-order valence-corrected chi connectivity index (χ3v) is 5.59. The average molecular weight is 344 g/mol. The molecule has 0 spiro atoms. The molecule has 0 amide bonds. The van der Waals surface area contributed by atoms with E-state index < -0.39 is 0 Å². The summed E-state index contributed by atoms with van der Waals surface area (Å²) < 4.78 is 5.81. The second-order valence-corrected chi connectivity index (χ2v) is 7.28. The number of benzene rings is 1. The van der Waals surface area contributed by atoms with Crippen molar-refractivity contribution in [2.75, 3.05) is 32.8 Å². The Balaban J connectivity index is 1.63. The zero-order valence-electron chi connectivity index (χ0n) is 15.3. The van der Waals surface area contributed by atoms with Gasteiger partial charge in [-0.3, -0.25) is 9.80 Å². The molecule has 4 heteroatoms. The van der Waals surface area contributed by atoms with Gasteiger partial charge in [0.1, 0.15) is 12.4 Å². The fourth-order valence-corrected chi connectivity index (χ4v) is 4.36. The summed E-state index contributed by atoms with van der Waals surface area (Å²) in [4.78, 5) is 5.20. The van der Waals surface area contributed by atoms with Gasteiger partial charge < -0.3 is 9.84 Å². The van der Waals surface area contributed by atoms with Gasteiger partial charge in [-0.05, 0) is 25.3 Å². The summed E-state index contributed by atoms with van der Waals surface area (Å²) in [7, 11) is 0. The van der Waals surface area contributed by atoms with Crippen LogP contribution < -0.4 is 4.74 Å². The van der Waals surface area contributed by atoms with Gasteiger partial charge in [0.05, 0.1) is 0 Å². The molecule has 0 radical (unpaired) electrons. The molecule has 1 aromatic rings. The third kappa shape index (κ3) is 4.84. The largest absolute Gasteiger partial charge is 0.489 e. The van der Waals surface area contributed by atoms with E-state index in [1.807, 2.05) is 12.1 Å². The highest BCUT2D eigenvalue weighted by molar-refractivity contribution is 5.33. The second-order valence-electron chi connectivity index (χ2n) is 7.28. The van der Waals surface area contributed by atoms with Crippen molar-refractivity contribution in [3.63, 3.8) is 0 Å². The molecule has 1 aliphatic heterocycles. The summed E-state index contributed by atoms with van der Waals surface area (Å²) in [5.74, 6) is 0.958. The van der Waals surface area contributed by atoms with E-state index in [2.05, 4.69) is 28.5 Å². The number of piperazine rings is 1. The molecule has 2 fully saturated rings. The molecule has 1 saturated carbocycles. The highest BCUT2D eigenvalue weighted by atomic mass is 16.5. The van der Waals surface area contributed by atoms with Crippen molar-refractivity contribution in [1.29, 1.82) is 0 Å². The van der Waals surface area contributed by atoms with E-state index in [1.165, 1.54) is 31.2 Å². The van der Waals surface area contributed by atoms with Gasteiger partial charge in [0.15, 0.2) is 0 Å². The van der Waals surface area contributed by atoms with E-state index in [1.54, 1.807) is 6.08 Å². The SMILES string of the molecule is C=CCOc1ccccc1CN1CCN(C2CCCC2)[C@@H](CCO)C1. The van der Waals surface area contributed by atoms with Crippen molar-refractivity contribution in [3.8, 4) is 5.75 Å². The van der Waals surface area contributed by atoms with E-state index in [4.69, 9.17) is 4.74 Å². The number of para-hydroxylation sites is 1. The minimum atomic E-state index is 0.279. The number of aliphatic hydroxyl groups excluding tert-OH is 1. The van der Waals surface area contributed by atoms with Crippen molar-refractivity contribution < 1.29 is 9.84 Å². The number of rotatable bonds is 8. The van der Waals surface area contributed by atoms with Crippen molar-refractivity contribution in [2.45, 2.75) is 50.7 Å². The van der Waals surface area contributed by atoms with Crippen LogP contribution in [0.5, 0.6) is 5.75 Å². The number of ether oxygens (including phenoxy) is 1. The molecule has 2 aliphatic rings. The summed E-state index contributed by atoms with van der Waals surface area (Å²) in [6.07, 6.45) is 8.06. The molecule has 1 saturated heterocycles. The predicted molar refractivity (Wildman–Crippen MR) is 102 cm³/mol. The van der Waals surface area contributed by atoms with Gasteiger partial charge >= 0.3 is 0 Å². The third-order valence-electron chi connectivity index (χ3n) is 5.59. The monoisotopic (exact) mass is 344 g/mol. The lowest BCUT2D eigenvalue weighted by Crippen LogP contribution is -2.56. The lowest BCUT2D eigenvalue weighted by molar-refractivity contribution is 0.0264. The minimum Gasteiger partial charge on any atom is -0.489 e. The van der Waals surface area contributed by atoms with Crippen LogP contribution in [0.2, 0.25) is 0 Å². The van der Waals surface area contributed by atoms with Crippen LogP contribution in [0.4, 0.5) is 0 Å². The maximum Gasteiger partial charge on any atom is 0.124 e. The molecule has 0 aromatic heterocycles. The highest BCUT2D eigenvalue weighted by Gasteiger charge is 2.33. The van der Waals surface area contributed by atoms with Crippen LogP contribution in [0.15, 0.2) is 36.9 Å². The van der Waals surface area contributed by atoms with E-state index in [-0.39, 0.29) is 6.61 Å². The van der Waals surface area contributed by atoms with Crippen LogP contribution in [0.1, 0.15) is 37.7 Å². The highest BCUT2D eigenvalue weighted by Crippen LogP contribution is 2.29. The topological polar surface area (TPSA) is 35.9 Å². The van der Waals surface area contributed by atoms with Crippen LogP contribution in [0, 0.1) is 0 Å². The summed E-state index contributed by atoms with van der Waals surface area (Å²) in [6.45, 7) is 8.71. The zero-order chi connectivity index (χ0) is 17.5. The summed E-state index contributed by atoms with van der Waals surface area (Å²) in [5.41, 5.74) is 1.24.